The maximum absolute atomic E-state index is 12.9. The first-order valence-corrected chi connectivity index (χ1v) is 9.51. The molecule has 142 valence electrons. The van der Waals surface area contributed by atoms with Gasteiger partial charge in [0.2, 0.25) is 0 Å². The van der Waals surface area contributed by atoms with Crippen molar-refractivity contribution in [2.24, 2.45) is 5.92 Å². The van der Waals surface area contributed by atoms with Crippen LogP contribution in [0.25, 0.3) is 0 Å². The molecule has 4 rings (SSSR count). The number of ether oxygens (including phenoxy) is 3. The van der Waals surface area contributed by atoms with Crippen LogP contribution >= 0.6 is 0 Å². The van der Waals surface area contributed by atoms with Crippen LogP contribution in [0, 0.1) is 5.92 Å². The molecule has 2 aromatic rings. The van der Waals surface area contributed by atoms with Crippen molar-refractivity contribution in [3.8, 4) is 11.5 Å². The SMILES string of the molecule is CCOC(=O)[C@@H]1[C@@H](c2ccc3c(c2)CCO3)CN[C@H]1c1ccc(OC)cc1. The number of carbonyl (C=O) groups excluding carboxylic acids is 1. The summed E-state index contributed by atoms with van der Waals surface area (Å²) in [5, 5.41) is 3.54. The third kappa shape index (κ3) is 3.39. The summed E-state index contributed by atoms with van der Waals surface area (Å²) in [6, 6.07) is 14.1. The number of benzene rings is 2. The minimum Gasteiger partial charge on any atom is -0.497 e. The summed E-state index contributed by atoms with van der Waals surface area (Å²) < 4.78 is 16.3. The smallest absolute Gasteiger partial charge is 0.311 e. The van der Waals surface area contributed by atoms with Crippen LogP contribution in [0.4, 0.5) is 0 Å². The van der Waals surface area contributed by atoms with E-state index in [-0.39, 0.29) is 23.8 Å². The normalized spacial score (nSPS) is 23.6. The highest BCUT2D eigenvalue weighted by molar-refractivity contribution is 5.76. The third-order valence-electron chi connectivity index (χ3n) is 5.53. The van der Waals surface area contributed by atoms with Crippen LogP contribution in [0.3, 0.4) is 0 Å². The van der Waals surface area contributed by atoms with E-state index in [9.17, 15) is 4.79 Å². The van der Waals surface area contributed by atoms with Gasteiger partial charge in [-0.15, -0.1) is 0 Å². The zero-order chi connectivity index (χ0) is 18.8. The largest absolute Gasteiger partial charge is 0.497 e. The molecular formula is C22H25NO4. The second-order valence-corrected chi connectivity index (χ2v) is 7.01. The van der Waals surface area contributed by atoms with Crippen LogP contribution in [0.5, 0.6) is 11.5 Å². The first-order valence-electron chi connectivity index (χ1n) is 9.51. The van der Waals surface area contributed by atoms with Crippen molar-refractivity contribution in [1.82, 2.24) is 5.32 Å². The highest BCUT2D eigenvalue weighted by Gasteiger charge is 2.43. The molecule has 2 aliphatic heterocycles. The maximum Gasteiger partial charge on any atom is 0.311 e. The van der Waals surface area contributed by atoms with Gasteiger partial charge < -0.3 is 19.5 Å². The lowest BCUT2D eigenvalue weighted by Crippen LogP contribution is -2.27. The van der Waals surface area contributed by atoms with E-state index in [0.717, 1.165) is 36.6 Å². The molecule has 1 saturated heterocycles. The summed E-state index contributed by atoms with van der Waals surface area (Å²) in [5.41, 5.74) is 3.46. The lowest BCUT2D eigenvalue weighted by molar-refractivity contribution is -0.148. The van der Waals surface area contributed by atoms with Gasteiger partial charge in [0.25, 0.3) is 0 Å². The van der Waals surface area contributed by atoms with E-state index in [1.165, 1.54) is 11.1 Å². The van der Waals surface area contributed by atoms with Gasteiger partial charge in [-0.3, -0.25) is 4.79 Å². The minimum absolute atomic E-state index is 0.0713. The topological polar surface area (TPSA) is 56.8 Å². The third-order valence-corrected chi connectivity index (χ3v) is 5.53. The minimum atomic E-state index is -0.265. The molecular weight excluding hydrogens is 342 g/mol. The Morgan fingerprint density at radius 2 is 1.96 bits per heavy atom. The molecule has 0 saturated carbocycles. The molecule has 2 aliphatic rings. The Morgan fingerprint density at radius 1 is 1.19 bits per heavy atom. The number of hydrogen-bond acceptors (Lipinski definition) is 5. The first kappa shape index (κ1) is 17.9. The fraction of sp³-hybridized carbons (Fsp3) is 0.409. The molecule has 0 aliphatic carbocycles. The van der Waals surface area contributed by atoms with Crippen LogP contribution in [-0.4, -0.2) is 32.8 Å². The van der Waals surface area contributed by atoms with Gasteiger partial charge in [-0.25, -0.2) is 0 Å². The first-order chi connectivity index (χ1) is 13.2. The van der Waals surface area contributed by atoms with E-state index in [4.69, 9.17) is 14.2 Å². The van der Waals surface area contributed by atoms with Gasteiger partial charge in [0.05, 0.1) is 26.2 Å². The Balaban J connectivity index is 1.66. The molecule has 0 unspecified atom stereocenters. The quantitative estimate of drug-likeness (QED) is 0.823. The van der Waals surface area contributed by atoms with E-state index in [0.29, 0.717) is 6.61 Å². The van der Waals surface area contributed by atoms with Gasteiger partial charge in [-0.2, -0.15) is 0 Å². The van der Waals surface area contributed by atoms with Crippen LogP contribution in [0.15, 0.2) is 42.5 Å². The summed E-state index contributed by atoms with van der Waals surface area (Å²) >= 11 is 0. The second kappa shape index (κ2) is 7.61. The molecule has 5 heteroatoms. The Kier molecular flexibility index (Phi) is 5.03. The average molecular weight is 367 g/mol. The Labute approximate surface area is 159 Å². The number of methoxy groups -OCH3 is 1. The van der Waals surface area contributed by atoms with E-state index in [2.05, 4.69) is 17.4 Å². The predicted octanol–water partition coefficient (Wildman–Crippen LogP) is 3.24. The molecule has 0 amide bonds. The molecule has 2 aromatic carbocycles. The summed E-state index contributed by atoms with van der Waals surface area (Å²) in [7, 11) is 1.65. The van der Waals surface area contributed by atoms with Gasteiger partial charge >= 0.3 is 5.97 Å². The van der Waals surface area contributed by atoms with E-state index >= 15 is 0 Å². The second-order valence-electron chi connectivity index (χ2n) is 7.01. The van der Waals surface area contributed by atoms with Gasteiger partial charge in [0.1, 0.15) is 11.5 Å². The summed E-state index contributed by atoms with van der Waals surface area (Å²) in [5.74, 6) is 1.43. The van der Waals surface area contributed by atoms with Crippen molar-refractivity contribution >= 4 is 5.97 Å². The Hall–Kier alpha value is -2.53. The highest BCUT2D eigenvalue weighted by atomic mass is 16.5. The van der Waals surface area contributed by atoms with E-state index in [1.54, 1.807) is 7.11 Å². The van der Waals surface area contributed by atoms with E-state index in [1.807, 2.05) is 37.3 Å². The molecule has 0 aromatic heterocycles. The van der Waals surface area contributed by atoms with Crippen molar-refractivity contribution in [2.45, 2.75) is 25.3 Å². The summed E-state index contributed by atoms with van der Waals surface area (Å²) in [6.07, 6.45) is 0.926. The number of nitrogens with one attached hydrogen (secondary N) is 1. The Morgan fingerprint density at radius 3 is 2.70 bits per heavy atom. The predicted molar refractivity (Wildman–Crippen MR) is 102 cm³/mol. The molecule has 0 bridgehead atoms. The van der Waals surface area contributed by atoms with Gasteiger partial charge in [0, 0.05) is 24.9 Å². The van der Waals surface area contributed by atoms with Crippen molar-refractivity contribution in [1.29, 1.82) is 0 Å². The van der Waals surface area contributed by atoms with Crippen LogP contribution in [0.2, 0.25) is 0 Å². The summed E-state index contributed by atoms with van der Waals surface area (Å²) in [4.78, 5) is 12.9. The lowest BCUT2D eigenvalue weighted by Gasteiger charge is -2.23. The van der Waals surface area contributed by atoms with Crippen LogP contribution < -0.4 is 14.8 Å². The van der Waals surface area contributed by atoms with Crippen molar-refractivity contribution < 1.29 is 19.0 Å². The summed E-state index contributed by atoms with van der Waals surface area (Å²) in [6.45, 7) is 3.71. The van der Waals surface area contributed by atoms with Crippen molar-refractivity contribution in [2.75, 3.05) is 26.9 Å². The average Bonchev–Trinajstić information content (AvgIpc) is 3.34. The van der Waals surface area contributed by atoms with Crippen molar-refractivity contribution in [3.05, 3.63) is 59.2 Å². The number of rotatable bonds is 5. The van der Waals surface area contributed by atoms with Crippen LogP contribution in [0.1, 0.15) is 35.6 Å². The molecule has 0 spiro atoms. The molecule has 1 N–H and O–H groups in total. The molecule has 2 heterocycles. The van der Waals surface area contributed by atoms with Gasteiger partial charge in [-0.1, -0.05) is 24.3 Å². The lowest BCUT2D eigenvalue weighted by atomic mass is 9.82. The van der Waals surface area contributed by atoms with Gasteiger partial charge in [-0.05, 0) is 41.8 Å². The Bertz CT molecular complexity index is 818. The number of hydrogen-bond donors (Lipinski definition) is 1. The number of carbonyl (C=O) groups is 1. The monoisotopic (exact) mass is 367 g/mol. The number of esters is 1. The van der Waals surface area contributed by atoms with Gasteiger partial charge in [0.15, 0.2) is 0 Å². The maximum atomic E-state index is 12.9. The van der Waals surface area contributed by atoms with Crippen molar-refractivity contribution in [3.63, 3.8) is 0 Å². The highest BCUT2D eigenvalue weighted by Crippen LogP contribution is 2.42. The zero-order valence-electron chi connectivity index (χ0n) is 15.7. The standard InChI is InChI=1S/C22H25NO4/c1-3-26-22(24)20-18(15-6-9-19-16(12-15)10-11-27-19)13-23-21(20)14-4-7-17(25-2)8-5-14/h4-9,12,18,20-21,23H,3,10-11,13H2,1-2H3/t18-,20-,21+/m1/s1. The molecule has 27 heavy (non-hydrogen) atoms. The molecule has 0 radical (unpaired) electrons. The number of fused-ring (bicyclic) bond motifs is 1. The zero-order valence-corrected chi connectivity index (χ0v) is 15.7. The van der Waals surface area contributed by atoms with Crippen LogP contribution in [-0.2, 0) is 16.0 Å². The fourth-order valence-electron chi connectivity index (χ4n) is 4.18. The molecule has 5 nitrogen and oxygen atoms in total. The molecule has 3 atom stereocenters. The fourth-order valence-corrected chi connectivity index (χ4v) is 4.18. The molecule has 1 fully saturated rings. The van der Waals surface area contributed by atoms with E-state index < -0.39 is 0 Å².